The number of rotatable bonds is 4. The largest absolute Gasteiger partial charge is 0.370 e. The molecule has 0 radical (unpaired) electrons. The summed E-state index contributed by atoms with van der Waals surface area (Å²) >= 11 is 0. The maximum atomic E-state index is 4.31. The Kier molecular flexibility index (Phi) is 3.20. The van der Waals surface area contributed by atoms with Gasteiger partial charge in [0.15, 0.2) is 0 Å². The Balaban J connectivity index is 1.94. The standard InChI is InChI=1S/C14H16N6/c1-3-15-13-7-14(19-9-18-13)20(2)10-4-5-11-12(6-10)17-8-16-11/h4-9H,3H2,1-2H3,(H,16,17)(H,15,18,19). The SMILES string of the molecule is CCNc1cc(N(C)c2ccc3nc[nH]c3c2)ncn1. The van der Waals surface area contributed by atoms with Crippen LogP contribution in [0.2, 0.25) is 0 Å². The van der Waals surface area contributed by atoms with E-state index >= 15 is 0 Å². The van der Waals surface area contributed by atoms with Crippen LogP contribution in [0.5, 0.6) is 0 Å². The van der Waals surface area contributed by atoms with Crippen LogP contribution in [0, 0.1) is 0 Å². The zero-order valence-electron chi connectivity index (χ0n) is 11.5. The molecule has 0 fully saturated rings. The lowest BCUT2D eigenvalue weighted by atomic mass is 10.2. The number of benzene rings is 1. The van der Waals surface area contributed by atoms with Crippen LogP contribution in [0.15, 0.2) is 36.9 Å². The number of aromatic nitrogens is 4. The molecule has 2 aromatic heterocycles. The lowest BCUT2D eigenvalue weighted by molar-refractivity contribution is 1.06. The fraction of sp³-hybridized carbons (Fsp3) is 0.214. The third-order valence-electron chi connectivity index (χ3n) is 3.15. The van der Waals surface area contributed by atoms with Crippen LogP contribution in [-0.4, -0.2) is 33.5 Å². The Morgan fingerprint density at radius 2 is 2.10 bits per heavy atom. The number of nitrogens with one attached hydrogen (secondary N) is 2. The van der Waals surface area contributed by atoms with Gasteiger partial charge < -0.3 is 15.2 Å². The van der Waals surface area contributed by atoms with Crippen LogP contribution in [-0.2, 0) is 0 Å². The number of aromatic amines is 1. The lowest BCUT2D eigenvalue weighted by Crippen LogP contribution is -2.12. The summed E-state index contributed by atoms with van der Waals surface area (Å²) in [6.07, 6.45) is 3.26. The highest BCUT2D eigenvalue weighted by molar-refractivity contribution is 5.80. The maximum Gasteiger partial charge on any atom is 0.138 e. The highest BCUT2D eigenvalue weighted by Crippen LogP contribution is 2.25. The second-order valence-corrected chi connectivity index (χ2v) is 4.45. The van der Waals surface area contributed by atoms with Gasteiger partial charge in [-0.1, -0.05) is 0 Å². The number of anilines is 3. The molecule has 20 heavy (non-hydrogen) atoms. The first-order chi connectivity index (χ1) is 9.78. The molecule has 0 atom stereocenters. The van der Waals surface area contributed by atoms with E-state index in [-0.39, 0.29) is 0 Å². The molecule has 2 heterocycles. The van der Waals surface area contributed by atoms with Crippen LogP contribution < -0.4 is 10.2 Å². The number of nitrogens with zero attached hydrogens (tertiary/aromatic N) is 4. The molecule has 2 N–H and O–H groups in total. The summed E-state index contributed by atoms with van der Waals surface area (Å²) in [5.41, 5.74) is 3.01. The maximum absolute atomic E-state index is 4.31. The normalized spacial score (nSPS) is 10.7. The van der Waals surface area contributed by atoms with E-state index in [0.717, 1.165) is 34.9 Å². The fourth-order valence-corrected chi connectivity index (χ4v) is 2.07. The van der Waals surface area contributed by atoms with E-state index in [9.17, 15) is 0 Å². The minimum absolute atomic E-state index is 0.826. The summed E-state index contributed by atoms with van der Waals surface area (Å²) < 4.78 is 0. The molecule has 3 aromatic rings. The minimum atomic E-state index is 0.826. The molecule has 0 amide bonds. The third kappa shape index (κ3) is 2.27. The topological polar surface area (TPSA) is 69.7 Å². The molecule has 6 heteroatoms. The zero-order valence-corrected chi connectivity index (χ0v) is 11.5. The molecule has 3 rings (SSSR count). The molecule has 0 unspecified atom stereocenters. The minimum Gasteiger partial charge on any atom is -0.370 e. The predicted molar refractivity (Wildman–Crippen MR) is 80.4 cm³/mol. The van der Waals surface area contributed by atoms with Gasteiger partial charge in [0.25, 0.3) is 0 Å². The monoisotopic (exact) mass is 268 g/mol. The Bertz CT molecular complexity index is 720. The number of H-pyrrole nitrogens is 1. The molecule has 0 aliphatic heterocycles. The Hall–Kier alpha value is -2.63. The van der Waals surface area contributed by atoms with Crippen molar-refractivity contribution in [2.75, 3.05) is 23.8 Å². The highest BCUT2D eigenvalue weighted by Gasteiger charge is 2.08. The van der Waals surface area contributed by atoms with E-state index in [1.54, 1.807) is 12.7 Å². The number of hydrogen-bond donors (Lipinski definition) is 2. The van der Waals surface area contributed by atoms with E-state index in [4.69, 9.17) is 0 Å². The lowest BCUT2D eigenvalue weighted by Gasteiger charge is -2.18. The van der Waals surface area contributed by atoms with Crippen molar-refractivity contribution in [3.05, 3.63) is 36.9 Å². The average Bonchev–Trinajstić information content (AvgIpc) is 2.94. The van der Waals surface area contributed by atoms with Gasteiger partial charge in [-0.15, -0.1) is 0 Å². The zero-order chi connectivity index (χ0) is 13.9. The molecule has 102 valence electrons. The van der Waals surface area contributed by atoms with Gasteiger partial charge in [0.1, 0.15) is 18.0 Å². The first-order valence-corrected chi connectivity index (χ1v) is 6.50. The van der Waals surface area contributed by atoms with Crippen molar-refractivity contribution < 1.29 is 0 Å². The van der Waals surface area contributed by atoms with Crippen LogP contribution in [0.4, 0.5) is 17.3 Å². The van der Waals surface area contributed by atoms with Gasteiger partial charge in [-0.3, -0.25) is 0 Å². The van der Waals surface area contributed by atoms with Gasteiger partial charge in [0, 0.05) is 25.3 Å². The molecule has 0 bridgehead atoms. The molecule has 0 aliphatic rings. The van der Waals surface area contributed by atoms with Gasteiger partial charge in [0.2, 0.25) is 0 Å². The van der Waals surface area contributed by atoms with Gasteiger partial charge >= 0.3 is 0 Å². The number of hydrogen-bond acceptors (Lipinski definition) is 5. The van der Waals surface area contributed by atoms with Crippen molar-refractivity contribution in [1.29, 1.82) is 0 Å². The van der Waals surface area contributed by atoms with Crippen molar-refractivity contribution in [3.63, 3.8) is 0 Å². The van der Waals surface area contributed by atoms with Gasteiger partial charge in [-0.2, -0.15) is 0 Å². The summed E-state index contributed by atoms with van der Waals surface area (Å²) in [5, 5.41) is 3.19. The van der Waals surface area contributed by atoms with Crippen molar-refractivity contribution in [1.82, 2.24) is 19.9 Å². The molecule has 6 nitrogen and oxygen atoms in total. The predicted octanol–water partition coefficient (Wildman–Crippen LogP) is 2.55. The van der Waals surface area contributed by atoms with Crippen molar-refractivity contribution in [3.8, 4) is 0 Å². The molecule has 1 aromatic carbocycles. The summed E-state index contributed by atoms with van der Waals surface area (Å²) in [7, 11) is 1.98. The third-order valence-corrected chi connectivity index (χ3v) is 3.15. The molecule has 0 spiro atoms. The van der Waals surface area contributed by atoms with Crippen molar-refractivity contribution >= 4 is 28.4 Å². The van der Waals surface area contributed by atoms with E-state index in [1.807, 2.05) is 37.1 Å². The second-order valence-electron chi connectivity index (χ2n) is 4.45. The molecule has 0 aliphatic carbocycles. The van der Waals surface area contributed by atoms with E-state index in [2.05, 4.69) is 31.3 Å². The van der Waals surface area contributed by atoms with Crippen LogP contribution in [0.3, 0.4) is 0 Å². The molecular formula is C14H16N6. The average molecular weight is 268 g/mol. The number of fused-ring (bicyclic) bond motifs is 1. The van der Waals surface area contributed by atoms with Crippen LogP contribution >= 0.6 is 0 Å². The summed E-state index contributed by atoms with van der Waals surface area (Å²) in [4.78, 5) is 17.8. The number of imidazole rings is 1. The Morgan fingerprint density at radius 3 is 2.95 bits per heavy atom. The van der Waals surface area contributed by atoms with Crippen LogP contribution in [0.25, 0.3) is 11.0 Å². The Morgan fingerprint density at radius 1 is 1.20 bits per heavy atom. The molecule has 0 saturated heterocycles. The smallest absolute Gasteiger partial charge is 0.138 e. The van der Waals surface area contributed by atoms with E-state index < -0.39 is 0 Å². The van der Waals surface area contributed by atoms with Crippen molar-refractivity contribution in [2.24, 2.45) is 0 Å². The fourth-order valence-electron chi connectivity index (χ4n) is 2.07. The molecule has 0 saturated carbocycles. The van der Waals surface area contributed by atoms with E-state index in [1.165, 1.54) is 0 Å². The quantitative estimate of drug-likeness (QED) is 0.761. The van der Waals surface area contributed by atoms with Crippen molar-refractivity contribution in [2.45, 2.75) is 6.92 Å². The highest BCUT2D eigenvalue weighted by atomic mass is 15.2. The summed E-state index contributed by atoms with van der Waals surface area (Å²) in [6.45, 7) is 2.87. The van der Waals surface area contributed by atoms with Gasteiger partial charge in [-0.25, -0.2) is 15.0 Å². The van der Waals surface area contributed by atoms with E-state index in [0.29, 0.717) is 0 Å². The molecular weight excluding hydrogens is 252 g/mol. The second kappa shape index (κ2) is 5.16. The summed E-state index contributed by atoms with van der Waals surface area (Å²) in [6, 6.07) is 8.00. The first-order valence-electron chi connectivity index (χ1n) is 6.50. The van der Waals surface area contributed by atoms with Gasteiger partial charge in [-0.05, 0) is 25.1 Å². The Labute approximate surface area is 116 Å². The van der Waals surface area contributed by atoms with Gasteiger partial charge in [0.05, 0.1) is 17.4 Å². The van der Waals surface area contributed by atoms with Crippen LogP contribution in [0.1, 0.15) is 6.92 Å². The summed E-state index contributed by atoms with van der Waals surface area (Å²) in [5.74, 6) is 1.67. The first kappa shape index (κ1) is 12.4.